The van der Waals surface area contributed by atoms with E-state index >= 15 is 0 Å². The van der Waals surface area contributed by atoms with E-state index in [-0.39, 0.29) is 24.2 Å². The maximum atomic E-state index is 12.2. The summed E-state index contributed by atoms with van der Waals surface area (Å²) in [5.74, 6) is -0.817. The van der Waals surface area contributed by atoms with Crippen LogP contribution in [0.25, 0.3) is 5.69 Å². The Kier molecular flexibility index (Phi) is 6.68. The summed E-state index contributed by atoms with van der Waals surface area (Å²) in [4.78, 5) is 38.7. The number of nitrogens with zero attached hydrogens (tertiary/aromatic N) is 1. The third-order valence-electron chi connectivity index (χ3n) is 5.13. The van der Waals surface area contributed by atoms with Gasteiger partial charge in [-0.1, -0.05) is 32.1 Å². The van der Waals surface area contributed by atoms with Crippen molar-refractivity contribution in [2.45, 2.75) is 57.9 Å². The number of carbonyl (C=O) groups is 2. The molecule has 1 heterocycles. The van der Waals surface area contributed by atoms with Crippen LogP contribution in [0.5, 0.6) is 0 Å². The number of aryl methyl sites for hydroxylation is 1. The Morgan fingerprint density at radius 1 is 1.11 bits per heavy atom. The fraction of sp³-hybridized carbons (Fsp3) is 0.476. The molecule has 150 valence electrons. The average molecular weight is 385 g/mol. The number of amides is 1. The number of imidazole rings is 1. The minimum Gasteiger partial charge on any atom is -0.452 e. The van der Waals surface area contributed by atoms with Crippen LogP contribution >= 0.6 is 0 Å². The van der Waals surface area contributed by atoms with Crippen LogP contribution in [0.1, 0.15) is 61.0 Å². The largest absolute Gasteiger partial charge is 0.452 e. The zero-order valence-corrected chi connectivity index (χ0v) is 16.2. The predicted molar refractivity (Wildman–Crippen MR) is 106 cm³/mol. The molecule has 1 amide bonds. The highest BCUT2D eigenvalue weighted by Crippen LogP contribution is 2.17. The van der Waals surface area contributed by atoms with E-state index in [0.717, 1.165) is 31.4 Å². The second-order valence-corrected chi connectivity index (χ2v) is 7.30. The highest BCUT2D eigenvalue weighted by Gasteiger charge is 2.16. The Bertz CT molecular complexity index is 859. The molecule has 0 saturated heterocycles. The number of aromatic amines is 1. The molecule has 2 N–H and O–H groups in total. The molecule has 7 nitrogen and oxygen atoms in total. The van der Waals surface area contributed by atoms with Crippen LogP contribution in [0, 0.1) is 6.92 Å². The number of hydrogen-bond donors (Lipinski definition) is 2. The van der Waals surface area contributed by atoms with E-state index in [0.29, 0.717) is 11.3 Å². The molecule has 0 bridgehead atoms. The van der Waals surface area contributed by atoms with Gasteiger partial charge >= 0.3 is 11.7 Å². The van der Waals surface area contributed by atoms with Gasteiger partial charge in [0.2, 0.25) is 0 Å². The smallest absolute Gasteiger partial charge is 0.338 e. The molecule has 0 atom stereocenters. The minimum absolute atomic E-state index is 0.175. The van der Waals surface area contributed by atoms with Crippen molar-refractivity contribution in [3.8, 4) is 5.69 Å². The maximum absolute atomic E-state index is 12.2. The van der Waals surface area contributed by atoms with Crippen molar-refractivity contribution >= 4 is 11.9 Å². The van der Waals surface area contributed by atoms with E-state index in [1.165, 1.54) is 23.8 Å². The Balaban J connectivity index is 1.51. The van der Waals surface area contributed by atoms with Crippen molar-refractivity contribution in [3.63, 3.8) is 0 Å². The van der Waals surface area contributed by atoms with Crippen molar-refractivity contribution in [1.82, 2.24) is 14.9 Å². The molecule has 2 aromatic rings. The summed E-state index contributed by atoms with van der Waals surface area (Å²) >= 11 is 0. The molecule has 1 aliphatic carbocycles. The van der Waals surface area contributed by atoms with Gasteiger partial charge < -0.3 is 15.0 Å². The van der Waals surface area contributed by atoms with E-state index in [1.807, 2.05) is 6.92 Å². The molecular weight excluding hydrogens is 358 g/mol. The molecule has 1 saturated carbocycles. The normalized spacial score (nSPS) is 15.5. The van der Waals surface area contributed by atoms with Gasteiger partial charge in [0.1, 0.15) is 0 Å². The number of benzene rings is 1. The lowest BCUT2D eigenvalue weighted by Gasteiger charge is -2.20. The Labute approximate surface area is 164 Å². The van der Waals surface area contributed by atoms with E-state index in [9.17, 15) is 14.4 Å². The zero-order chi connectivity index (χ0) is 19.9. The SMILES string of the molecule is Cc1c[nH]c(=O)n1-c1ccc(C(=O)OCC(=O)NC2CCCCCCC2)cc1. The van der Waals surface area contributed by atoms with Crippen LogP contribution in [0.2, 0.25) is 0 Å². The first-order valence-electron chi connectivity index (χ1n) is 9.88. The van der Waals surface area contributed by atoms with Crippen LogP contribution in [0.4, 0.5) is 0 Å². The fourth-order valence-corrected chi connectivity index (χ4v) is 3.61. The standard InChI is InChI=1S/C21H27N3O4/c1-15-13-22-21(27)24(15)18-11-9-16(10-12-18)20(26)28-14-19(25)23-17-7-5-3-2-4-6-8-17/h9-13,17H,2-8,14H2,1H3,(H,22,27)(H,23,25). The summed E-state index contributed by atoms with van der Waals surface area (Å²) in [5, 5.41) is 2.98. The molecule has 1 fully saturated rings. The van der Waals surface area contributed by atoms with Gasteiger partial charge in [-0.3, -0.25) is 9.36 Å². The minimum atomic E-state index is -0.558. The summed E-state index contributed by atoms with van der Waals surface area (Å²) in [7, 11) is 0. The van der Waals surface area contributed by atoms with Crippen LogP contribution < -0.4 is 11.0 Å². The van der Waals surface area contributed by atoms with Crippen molar-refractivity contribution in [1.29, 1.82) is 0 Å². The molecule has 0 radical (unpaired) electrons. The maximum Gasteiger partial charge on any atom is 0.338 e. The second-order valence-electron chi connectivity index (χ2n) is 7.30. The van der Waals surface area contributed by atoms with Gasteiger partial charge in [-0.15, -0.1) is 0 Å². The lowest BCUT2D eigenvalue weighted by atomic mass is 9.97. The Morgan fingerprint density at radius 2 is 1.75 bits per heavy atom. The molecule has 1 aliphatic rings. The number of esters is 1. The summed E-state index contributed by atoms with van der Waals surface area (Å²) in [6, 6.07) is 6.70. The summed E-state index contributed by atoms with van der Waals surface area (Å²) in [6.45, 7) is 1.53. The number of nitrogens with one attached hydrogen (secondary N) is 2. The number of carbonyl (C=O) groups excluding carboxylic acids is 2. The first kappa shape index (κ1) is 19.9. The number of ether oxygens (including phenoxy) is 1. The van der Waals surface area contributed by atoms with E-state index < -0.39 is 5.97 Å². The van der Waals surface area contributed by atoms with Gasteiger partial charge in [0.25, 0.3) is 5.91 Å². The molecule has 0 aliphatic heterocycles. The first-order valence-corrected chi connectivity index (χ1v) is 9.88. The Hall–Kier alpha value is -2.83. The number of aromatic nitrogens is 2. The molecule has 3 rings (SSSR count). The summed E-state index contributed by atoms with van der Waals surface area (Å²) in [6.07, 6.45) is 9.55. The van der Waals surface area contributed by atoms with Crippen LogP contribution in [-0.2, 0) is 9.53 Å². The quantitative estimate of drug-likeness (QED) is 0.774. The van der Waals surface area contributed by atoms with Crippen molar-refractivity contribution in [3.05, 3.63) is 52.2 Å². The van der Waals surface area contributed by atoms with Crippen LogP contribution in [0.15, 0.2) is 35.3 Å². The molecule has 0 unspecified atom stereocenters. The first-order chi connectivity index (χ1) is 13.5. The van der Waals surface area contributed by atoms with E-state index in [2.05, 4.69) is 10.3 Å². The molecular formula is C21H27N3O4. The summed E-state index contributed by atoms with van der Waals surface area (Å²) < 4.78 is 6.65. The lowest BCUT2D eigenvalue weighted by Crippen LogP contribution is -2.38. The van der Waals surface area contributed by atoms with E-state index in [4.69, 9.17) is 4.74 Å². The van der Waals surface area contributed by atoms with Gasteiger partial charge in [0.05, 0.1) is 11.3 Å². The fourth-order valence-electron chi connectivity index (χ4n) is 3.61. The van der Waals surface area contributed by atoms with Gasteiger partial charge in [0, 0.05) is 17.9 Å². The van der Waals surface area contributed by atoms with E-state index in [1.54, 1.807) is 30.5 Å². The lowest BCUT2D eigenvalue weighted by molar-refractivity contribution is -0.125. The zero-order valence-electron chi connectivity index (χ0n) is 16.2. The Morgan fingerprint density at radius 3 is 2.36 bits per heavy atom. The van der Waals surface area contributed by atoms with Gasteiger partial charge in [-0.05, 0) is 44.0 Å². The molecule has 28 heavy (non-hydrogen) atoms. The molecule has 1 aromatic heterocycles. The molecule has 7 heteroatoms. The predicted octanol–water partition coefficient (Wildman–Crippen LogP) is 2.86. The highest BCUT2D eigenvalue weighted by molar-refractivity contribution is 5.91. The van der Waals surface area contributed by atoms with Gasteiger partial charge in [-0.2, -0.15) is 0 Å². The molecule has 1 aromatic carbocycles. The second kappa shape index (κ2) is 9.39. The van der Waals surface area contributed by atoms with Crippen LogP contribution in [0.3, 0.4) is 0 Å². The number of hydrogen-bond acceptors (Lipinski definition) is 4. The highest BCUT2D eigenvalue weighted by atomic mass is 16.5. The van der Waals surface area contributed by atoms with Gasteiger partial charge in [0.15, 0.2) is 6.61 Å². The van der Waals surface area contributed by atoms with Crippen molar-refractivity contribution < 1.29 is 14.3 Å². The monoisotopic (exact) mass is 385 g/mol. The average Bonchev–Trinajstić information content (AvgIpc) is 3.00. The third-order valence-corrected chi connectivity index (χ3v) is 5.13. The number of H-pyrrole nitrogens is 1. The van der Waals surface area contributed by atoms with Crippen molar-refractivity contribution in [2.75, 3.05) is 6.61 Å². The van der Waals surface area contributed by atoms with Crippen molar-refractivity contribution in [2.24, 2.45) is 0 Å². The van der Waals surface area contributed by atoms with Crippen LogP contribution in [-0.4, -0.2) is 34.1 Å². The number of rotatable bonds is 5. The third kappa shape index (κ3) is 5.12. The molecule has 0 spiro atoms. The topological polar surface area (TPSA) is 93.2 Å². The summed E-state index contributed by atoms with van der Waals surface area (Å²) in [5.41, 5.74) is 1.52. The van der Waals surface area contributed by atoms with Gasteiger partial charge in [-0.25, -0.2) is 9.59 Å².